The van der Waals surface area contributed by atoms with Gasteiger partial charge < -0.3 is 23.2 Å². The topological polar surface area (TPSA) is 75.2 Å². The quantitative estimate of drug-likeness (QED) is 0.481. The molecule has 0 spiro atoms. The fraction of sp³-hybridized carbons (Fsp3) is 0.238. The number of hydrogen-bond donors (Lipinski definition) is 0. The van der Waals surface area contributed by atoms with E-state index in [1.807, 2.05) is 34.9 Å². The highest BCUT2D eigenvalue weighted by atomic mass is 32.1. The molecule has 0 aliphatic heterocycles. The summed E-state index contributed by atoms with van der Waals surface area (Å²) >= 11 is 1.41. The van der Waals surface area contributed by atoms with Gasteiger partial charge in [-0.05, 0) is 30.3 Å². The van der Waals surface area contributed by atoms with Gasteiger partial charge in [-0.15, -0.1) is 0 Å². The molecule has 0 fully saturated rings. The first-order valence-corrected chi connectivity index (χ1v) is 9.78. The minimum Gasteiger partial charge on any atom is -0.497 e. The van der Waals surface area contributed by atoms with Gasteiger partial charge in [0.2, 0.25) is 0 Å². The standard InChI is InChI=1S/C21H20N2O5S/c1-25-10-9-23-15-8-7-14(26-2)12-18(15)29-21(23)22-20(24)17-11-13-5-4-6-16(27-3)19(13)28-17/h4-8,11-12H,9-10H2,1-3H3. The minimum atomic E-state index is -0.451. The summed E-state index contributed by atoms with van der Waals surface area (Å²) in [7, 11) is 4.83. The molecule has 0 bridgehead atoms. The maximum atomic E-state index is 12.8. The summed E-state index contributed by atoms with van der Waals surface area (Å²) in [5.41, 5.74) is 1.49. The molecule has 2 aromatic carbocycles. The number of methoxy groups -OCH3 is 3. The van der Waals surface area contributed by atoms with Crippen LogP contribution in [0.4, 0.5) is 0 Å². The predicted molar refractivity (Wildman–Crippen MR) is 111 cm³/mol. The lowest BCUT2D eigenvalue weighted by atomic mass is 10.2. The molecule has 0 radical (unpaired) electrons. The van der Waals surface area contributed by atoms with Crippen molar-refractivity contribution in [2.24, 2.45) is 4.99 Å². The molecule has 4 aromatic rings. The van der Waals surface area contributed by atoms with Crippen LogP contribution >= 0.6 is 11.3 Å². The number of thiazole rings is 1. The lowest BCUT2D eigenvalue weighted by molar-refractivity contribution is 0.0973. The number of para-hydroxylation sites is 1. The summed E-state index contributed by atoms with van der Waals surface area (Å²) in [6, 6.07) is 12.9. The van der Waals surface area contributed by atoms with Crippen molar-refractivity contribution in [2.75, 3.05) is 27.9 Å². The number of aromatic nitrogens is 1. The van der Waals surface area contributed by atoms with Crippen LogP contribution in [0.2, 0.25) is 0 Å². The van der Waals surface area contributed by atoms with Crippen molar-refractivity contribution in [1.82, 2.24) is 4.57 Å². The van der Waals surface area contributed by atoms with Crippen LogP contribution in [0.1, 0.15) is 10.6 Å². The second-order valence-corrected chi connectivity index (χ2v) is 7.28. The highest BCUT2D eigenvalue weighted by molar-refractivity contribution is 7.16. The van der Waals surface area contributed by atoms with Crippen molar-refractivity contribution in [3.05, 3.63) is 53.0 Å². The molecule has 0 aliphatic carbocycles. The van der Waals surface area contributed by atoms with E-state index >= 15 is 0 Å². The van der Waals surface area contributed by atoms with Crippen LogP contribution < -0.4 is 14.3 Å². The Bertz CT molecular complexity index is 1250. The van der Waals surface area contributed by atoms with Gasteiger partial charge in [0.1, 0.15) is 5.75 Å². The second-order valence-electron chi connectivity index (χ2n) is 6.27. The number of nitrogens with zero attached hydrogens (tertiary/aromatic N) is 2. The van der Waals surface area contributed by atoms with Gasteiger partial charge in [-0.1, -0.05) is 23.5 Å². The summed E-state index contributed by atoms with van der Waals surface area (Å²) in [6.45, 7) is 1.07. The number of benzene rings is 2. The van der Waals surface area contributed by atoms with Gasteiger partial charge in [-0.2, -0.15) is 4.99 Å². The zero-order valence-corrected chi connectivity index (χ0v) is 17.1. The number of furan rings is 1. The minimum absolute atomic E-state index is 0.165. The first-order chi connectivity index (χ1) is 14.1. The Labute approximate surface area is 170 Å². The smallest absolute Gasteiger partial charge is 0.315 e. The van der Waals surface area contributed by atoms with Crippen molar-refractivity contribution >= 4 is 38.4 Å². The number of carbonyl (C=O) groups excluding carboxylic acids is 1. The van der Waals surface area contributed by atoms with E-state index in [0.717, 1.165) is 21.4 Å². The molecule has 29 heavy (non-hydrogen) atoms. The summed E-state index contributed by atoms with van der Waals surface area (Å²) in [6.07, 6.45) is 0. The van der Waals surface area contributed by atoms with E-state index in [-0.39, 0.29) is 5.76 Å². The number of amides is 1. The predicted octanol–water partition coefficient (Wildman–Crippen LogP) is 3.85. The molecule has 2 heterocycles. The molecule has 0 N–H and O–H groups in total. The summed E-state index contributed by atoms with van der Waals surface area (Å²) < 4.78 is 24.5. The highest BCUT2D eigenvalue weighted by Crippen LogP contribution is 2.29. The third kappa shape index (κ3) is 3.64. The van der Waals surface area contributed by atoms with Gasteiger partial charge in [0, 0.05) is 19.0 Å². The molecule has 4 rings (SSSR count). The Balaban J connectivity index is 1.81. The molecule has 0 unspecified atom stereocenters. The Morgan fingerprint density at radius 1 is 1.14 bits per heavy atom. The molecule has 2 aromatic heterocycles. The Hall–Kier alpha value is -3.10. The third-order valence-corrected chi connectivity index (χ3v) is 5.59. The first kappa shape index (κ1) is 19.2. The zero-order valence-electron chi connectivity index (χ0n) is 16.3. The fourth-order valence-corrected chi connectivity index (χ4v) is 4.19. The van der Waals surface area contributed by atoms with Crippen LogP contribution in [0, 0.1) is 0 Å². The molecular weight excluding hydrogens is 392 g/mol. The summed E-state index contributed by atoms with van der Waals surface area (Å²) in [5.74, 6) is 1.04. The average molecular weight is 412 g/mol. The molecule has 0 saturated heterocycles. The molecule has 1 amide bonds. The maximum absolute atomic E-state index is 12.8. The van der Waals surface area contributed by atoms with E-state index < -0.39 is 5.91 Å². The summed E-state index contributed by atoms with van der Waals surface area (Å²) in [4.78, 5) is 17.8. The molecule has 8 heteroatoms. The molecule has 0 atom stereocenters. The van der Waals surface area contributed by atoms with E-state index in [9.17, 15) is 4.79 Å². The lowest BCUT2D eigenvalue weighted by Gasteiger charge is -2.04. The van der Waals surface area contributed by atoms with Crippen LogP contribution in [-0.2, 0) is 11.3 Å². The highest BCUT2D eigenvalue weighted by Gasteiger charge is 2.16. The SMILES string of the molecule is COCCn1c(=NC(=O)c2cc3cccc(OC)c3o2)sc2cc(OC)ccc21. The fourth-order valence-electron chi connectivity index (χ4n) is 3.11. The first-order valence-electron chi connectivity index (χ1n) is 8.96. The van der Waals surface area contributed by atoms with Crippen molar-refractivity contribution in [3.8, 4) is 11.5 Å². The van der Waals surface area contributed by atoms with E-state index in [4.69, 9.17) is 18.6 Å². The van der Waals surface area contributed by atoms with Crippen LogP contribution in [0.15, 0.2) is 51.9 Å². The van der Waals surface area contributed by atoms with Gasteiger partial charge >= 0.3 is 5.91 Å². The zero-order chi connectivity index (χ0) is 20.4. The van der Waals surface area contributed by atoms with Gasteiger partial charge in [0.15, 0.2) is 21.9 Å². The average Bonchev–Trinajstić information content (AvgIpc) is 3.32. The Kier molecular flexibility index (Phi) is 5.37. The van der Waals surface area contributed by atoms with E-state index in [2.05, 4.69) is 4.99 Å². The molecule has 0 aliphatic rings. The number of hydrogen-bond acceptors (Lipinski definition) is 6. The van der Waals surface area contributed by atoms with E-state index in [1.165, 1.54) is 11.3 Å². The second kappa shape index (κ2) is 8.10. The molecule has 7 nitrogen and oxygen atoms in total. The molecular formula is C21H20N2O5S. The van der Waals surface area contributed by atoms with Crippen LogP contribution in [0.25, 0.3) is 21.2 Å². The van der Waals surface area contributed by atoms with Crippen molar-refractivity contribution in [3.63, 3.8) is 0 Å². The van der Waals surface area contributed by atoms with Crippen molar-refractivity contribution in [1.29, 1.82) is 0 Å². The maximum Gasteiger partial charge on any atom is 0.315 e. The number of rotatable bonds is 6. The monoisotopic (exact) mass is 412 g/mol. The van der Waals surface area contributed by atoms with E-state index in [0.29, 0.717) is 29.3 Å². The van der Waals surface area contributed by atoms with Crippen LogP contribution in [0.3, 0.4) is 0 Å². The van der Waals surface area contributed by atoms with Crippen molar-refractivity contribution < 1.29 is 23.4 Å². The molecule has 150 valence electrons. The molecule has 0 saturated carbocycles. The van der Waals surface area contributed by atoms with Crippen LogP contribution in [-0.4, -0.2) is 38.4 Å². The van der Waals surface area contributed by atoms with Gasteiger partial charge in [0.05, 0.1) is 31.0 Å². The van der Waals surface area contributed by atoms with Gasteiger partial charge in [-0.25, -0.2) is 0 Å². The normalized spacial score (nSPS) is 12.0. The van der Waals surface area contributed by atoms with Crippen molar-refractivity contribution in [2.45, 2.75) is 6.54 Å². The van der Waals surface area contributed by atoms with E-state index in [1.54, 1.807) is 33.5 Å². The number of fused-ring (bicyclic) bond motifs is 2. The third-order valence-electron chi connectivity index (χ3n) is 4.54. The lowest BCUT2D eigenvalue weighted by Crippen LogP contribution is -2.19. The van der Waals surface area contributed by atoms with Gasteiger partial charge in [-0.3, -0.25) is 4.79 Å². The Morgan fingerprint density at radius 3 is 2.76 bits per heavy atom. The van der Waals surface area contributed by atoms with Gasteiger partial charge in [0.25, 0.3) is 0 Å². The summed E-state index contributed by atoms with van der Waals surface area (Å²) in [5, 5.41) is 0.788. The largest absolute Gasteiger partial charge is 0.497 e. The van der Waals surface area contributed by atoms with Crippen LogP contribution in [0.5, 0.6) is 11.5 Å². The number of carbonyl (C=O) groups is 1. The number of ether oxygens (including phenoxy) is 3. The Morgan fingerprint density at radius 2 is 2.00 bits per heavy atom.